The van der Waals surface area contributed by atoms with Gasteiger partial charge in [0.05, 0.1) is 22.6 Å². The van der Waals surface area contributed by atoms with Crippen LogP contribution in [0, 0.1) is 15.9 Å². The summed E-state index contributed by atoms with van der Waals surface area (Å²) in [6.45, 7) is 1.42. The molecule has 80 valence electrons. The van der Waals surface area contributed by atoms with Crippen LogP contribution in [-0.2, 0) is 0 Å². The number of nitro benzene ring substituents is 1. The van der Waals surface area contributed by atoms with E-state index in [-0.39, 0.29) is 5.56 Å². The van der Waals surface area contributed by atoms with Crippen molar-refractivity contribution in [1.82, 2.24) is 0 Å². The lowest BCUT2D eigenvalue weighted by atomic mass is 10.1. The first-order valence-electron chi connectivity index (χ1n) is 4.17. The molecule has 0 radical (unpaired) electrons. The highest BCUT2D eigenvalue weighted by molar-refractivity contribution is 6.00. The summed E-state index contributed by atoms with van der Waals surface area (Å²) in [5.41, 5.74) is 4.66. The number of benzene rings is 1. The maximum absolute atomic E-state index is 13.2. The van der Waals surface area contributed by atoms with Crippen LogP contribution < -0.4 is 5.73 Å². The number of hydrogen-bond acceptors (Lipinski definition) is 4. The molecular weight excluding hydrogens is 203 g/mol. The van der Waals surface area contributed by atoms with Gasteiger partial charge in [-0.05, 0) is 13.0 Å². The Kier molecular flexibility index (Phi) is 3.11. The molecule has 1 aromatic carbocycles. The molecule has 6 heteroatoms. The maximum Gasteiger partial charge on any atom is 0.272 e. The third-order valence-electron chi connectivity index (χ3n) is 1.84. The average molecular weight is 212 g/mol. The number of carbonyl (C=O) groups is 1. The number of halogens is 1. The Bertz CT molecular complexity index is 418. The second-order valence-electron chi connectivity index (χ2n) is 3.07. The Hall–Kier alpha value is -1.82. The summed E-state index contributed by atoms with van der Waals surface area (Å²) < 4.78 is 13.2. The lowest BCUT2D eigenvalue weighted by Gasteiger charge is -2.04. The quantitative estimate of drug-likeness (QED) is 0.464. The molecule has 0 heterocycles. The zero-order chi connectivity index (χ0) is 11.6. The molecular formula is C9H9FN2O3. The largest absolute Gasteiger partial charge is 0.321 e. The Morgan fingerprint density at radius 1 is 1.60 bits per heavy atom. The maximum atomic E-state index is 13.2. The molecule has 1 atom stereocenters. The summed E-state index contributed by atoms with van der Waals surface area (Å²) >= 11 is 0. The Labute approximate surface area is 84.8 Å². The van der Waals surface area contributed by atoms with Crippen LogP contribution in [0.2, 0.25) is 0 Å². The molecule has 0 aromatic heterocycles. The van der Waals surface area contributed by atoms with Gasteiger partial charge in [0.15, 0.2) is 5.78 Å². The fraction of sp³-hybridized carbons (Fsp3) is 0.222. The monoisotopic (exact) mass is 212 g/mol. The highest BCUT2D eigenvalue weighted by Crippen LogP contribution is 2.17. The molecule has 1 unspecified atom stereocenters. The number of non-ortho nitro benzene ring substituents is 1. The number of nitro groups is 1. The fourth-order valence-electron chi connectivity index (χ4n) is 1.06. The van der Waals surface area contributed by atoms with E-state index in [1.165, 1.54) is 6.92 Å². The summed E-state index contributed by atoms with van der Waals surface area (Å²) in [5, 5.41) is 10.3. The van der Waals surface area contributed by atoms with E-state index >= 15 is 0 Å². The van der Waals surface area contributed by atoms with Crippen molar-refractivity contribution in [2.24, 2.45) is 5.73 Å². The molecule has 0 saturated heterocycles. The van der Waals surface area contributed by atoms with Crippen LogP contribution in [0.4, 0.5) is 10.1 Å². The number of nitrogens with zero attached hydrogens (tertiary/aromatic N) is 1. The molecule has 0 spiro atoms. The van der Waals surface area contributed by atoms with E-state index in [2.05, 4.69) is 0 Å². The summed E-state index contributed by atoms with van der Waals surface area (Å²) in [7, 11) is 0. The zero-order valence-corrected chi connectivity index (χ0v) is 7.94. The van der Waals surface area contributed by atoms with Gasteiger partial charge in [-0.1, -0.05) is 0 Å². The van der Waals surface area contributed by atoms with Crippen LogP contribution in [0.3, 0.4) is 0 Å². The van der Waals surface area contributed by atoms with Crippen molar-refractivity contribution in [1.29, 1.82) is 0 Å². The highest BCUT2D eigenvalue weighted by atomic mass is 19.1. The number of Topliss-reactive ketones (excluding diaryl/α,β-unsaturated/α-hetero) is 1. The SMILES string of the molecule is CC(N)C(=O)c1ccc([N+](=O)[O-])cc1F. The molecule has 0 fully saturated rings. The van der Waals surface area contributed by atoms with Crippen molar-refractivity contribution in [2.45, 2.75) is 13.0 Å². The fourth-order valence-corrected chi connectivity index (χ4v) is 1.06. The first-order chi connectivity index (χ1) is 6.93. The predicted octanol–water partition coefficient (Wildman–Crippen LogP) is 1.26. The standard InChI is InChI=1S/C9H9FN2O3/c1-5(11)9(13)7-3-2-6(12(14)15)4-8(7)10/h2-5H,11H2,1H3. The smallest absolute Gasteiger partial charge is 0.272 e. The van der Waals surface area contributed by atoms with E-state index in [0.717, 1.165) is 12.1 Å². The molecule has 0 bridgehead atoms. The van der Waals surface area contributed by atoms with Crippen LogP contribution in [0.5, 0.6) is 0 Å². The highest BCUT2D eigenvalue weighted by Gasteiger charge is 2.18. The van der Waals surface area contributed by atoms with Crippen molar-refractivity contribution < 1.29 is 14.1 Å². The molecule has 5 nitrogen and oxygen atoms in total. The molecule has 15 heavy (non-hydrogen) atoms. The topological polar surface area (TPSA) is 86.2 Å². The third kappa shape index (κ3) is 2.35. The van der Waals surface area contributed by atoms with Crippen molar-refractivity contribution in [3.63, 3.8) is 0 Å². The third-order valence-corrected chi connectivity index (χ3v) is 1.84. The Balaban J connectivity index is 3.14. The van der Waals surface area contributed by atoms with Crippen LogP contribution in [0.25, 0.3) is 0 Å². The van der Waals surface area contributed by atoms with Crippen LogP contribution >= 0.6 is 0 Å². The Morgan fingerprint density at radius 2 is 2.20 bits per heavy atom. The summed E-state index contributed by atoms with van der Waals surface area (Å²) in [6.07, 6.45) is 0. The summed E-state index contributed by atoms with van der Waals surface area (Å²) in [5.74, 6) is -1.51. The molecule has 0 saturated carbocycles. The van der Waals surface area contributed by atoms with E-state index < -0.39 is 28.3 Å². The number of hydrogen-bond donors (Lipinski definition) is 1. The molecule has 1 rings (SSSR count). The molecule has 0 aliphatic carbocycles. The van der Waals surface area contributed by atoms with E-state index in [9.17, 15) is 19.3 Å². The first-order valence-corrected chi connectivity index (χ1v) is 4.17. The number of nitrogens with two attached hydrogens (primary N) is 1. The summed E-state index contributed by atoms with van der Waals surface area (Å²) in [6, 6.07) is 2.01. The molecule has 0 aliphatic heterocycles. The minimum Gasteiger partial charge on any atom is -0.321 e. The molecule has 0 amide bonds. The molecule has 2 N–H and O–H groups in total. The van der Waals surface area contributed by atoms with Gasteiger partial charge < -0.3 is 5.73 Å². The van der Waals surface area contributed by atoms with E-state index in [0.29, 0.717) is 6.07 Å². The van der Waals surface area contributed by atoms with Gasteiger partial charge in [-0.3, -0.25) is 14.9 Å². The van der Waals surface area contributed by atoms with E-state index in [1.54, 1.807) is 0 Å². The molecule has 0 aliphatic rings. The van der Waals surface area contributed by atoms with Crippen LogP contribution in [0.1, 0.15) is 17.3 Å². The number of carbonyl (C=O) groups excluding carboxylic acids is 1. The van der Waals surface area contributed by atoms with Crippen molar-refractivity contribution in [3.05, 3.63) is 39.7 Å². The summed E-state index contributed by atoms with van der Waals surface area (Å²) in [4.78, 5) is 20.9. The lowest BCUT2D eigenvalue weighted by Crippen LogP contribution is -2.27. The zero-order valence-electron chi connectivity index (χ0n) is 7.94. The lowest BCUT2D eigenvalue weighted by molar-refractivity contribution is -0.385. The first kappa shape index (κ1) is 11.3. The predicted molar refractivity (Wildman–Crippen MR) is 51.0 cm³/mol. The van der Waals surface area contributed by atoms with Gasteiger partial charge in [-0.25, -0.2) is 4.39 Å². The van der Waals surface area contributed by atoms with E-state index in [4.69, 9.17) is 5.73 Å². The van der Waals surface area contributed by atoms with Gasteiger partial charge in [-0.2, -0.15) is 0 Å². The van der Waals surface area contributed by atoms with Crippen molar-refractivity contribution in [2.75, 3.05) is 0 Å². The van der Waals surface area contributed by atoms with Gasteiger partial charge in [0.1, 0.15) is 5.82 Å². The van der Waals surface area contributed by atoms with Crippen LogP contribution in [0.15, 0.2) is 18.2 Å². The number of ketones is 1. The van der Waals surface area contributed by atoms with Crippen LogP contribution in [-0.4, -0.2) is 16.7 Å². The van der Waals surface area contributed by atoms with Crippen molar-refractivity contribution >= 4 is 11.5 Å². The minimum atomic E-state index is -0.925. The average Bonchev–Trinajstić information content (AvgIpc) is 2.16. The Morgan fingerprint density at radius 3 is 2.60 bits per heavy atom. The van der Waals surface area contributed by atoms with Gasteiger partial charge in [-0.15, -0.1) is 0 Å². The van der Waals surface area contributed by atoms with Gasteiger partial charge in [0.2, 0.25) is 0 Å². The number of rotatable bonds is 3. The van der Waals surface area contributed by atoms with Gasteiger partial charge >= 0.3 is 0 Å². The van der Waals surface area contributed by atoms with Gasteiger partial charge in [0.25, 0.3) is 5.69 Å². The van der Waals surface area contributed by atoms with E-state index in [1.807, 2.05) is 0 Å². The van der Waals surface area contributed by atoms with Crippen molar-refractivity contribution in [3.8, 4) is 0 Å². The molecule has 1 aromatic rings. The second kappa shape index (κ2) is 4.14. The van der Waals surface area contributed by atoms with Gasteiger partial charge in [0, 0.05) is 6.07 Å². The second-order valence-corrected chi connectivity index (χ2v) is 3.07. The normalized spacial score (nSPS) is 12.2. The minimum absolute atomic E-state index is 0.226.